The number of rotatable bonds is 4. The van der Waals surface area contributed by atoms with Crippen LogP contribution < -0.4 is 4.74 Å². The summed E-state index contributed by atoms with van der Waals surface area (Å²) in [6.45, 7) is 2.52. The molecule has 3 rings (SSSR count). The van der Waals surface area contributed by atoms with Crippen molar-refractivity contribution in [2.45, 2.75) is 6.92 Å². The normalized spacial score (nSPS) is 10.5. The number of ether oxygens (including phenoxy) is 1. The maximum atomic E-state index is 12.8. The maximum Gasteiger partial charge on any atom is 0.193 e. The van der Waals surface area contributed by atoms with Gasteiger partial charge in [-0.15, -0.1) is 0 Å². The number of hydrogen-bond acceptors (Lipinski definition) is 2. The Morgan fingerprint density at radius 1 is 0.952 bits per heavy atom. The molecule has 0 radical (unpaired) electrons. The van der Waals surface area contributed by atoms with Gasteiger partial charge in [-0.1, -0.05) is 54.6 Å². The van der Waals surface area contributed by atoms with E-state index in [0.29, 0.717) is 12.2 Å². The molecule has 3 aromatic rings. The zero-order chi connectivity index (χ0) is 14.7. The van der Waals surface area contributed by atoms with Crippen LogP contribution in [0.25, 0.3) is 10.8 Å². The van der Waals surface area contributed by atoms with E-state index < -0.39 is 0 Å². The Hall–Kier alpha value is -2.61. The number of ketones is 1. The summed E-state index contributed by atoms with van der Waals surface area (Å²) >= 11 is 0. The average molecular weight is 276 g/mol. The lowest BCUT2D eigenvalue weighted by Crippen LogP contribution is -2.03. The standard InChI is InChI=1S/C19H16O2/c1-2-21-16-10-5-9-15(13-16)19(20)18-12-6-8-14-7-3-4-11-17(14)18/h3-13H,2H2,1H3. The smallest absolute Gasteiger partial charge is 0.193 e. The second-order valence-corrected chi connectivity index (χ2v) is 4.82. The molecular formula is C19H16O2. The molecule has 0 amide bonds. The summed E-state index contributed by atoms with van der Waals surface area (Å²) in [5.41, 5.74) is 1.37. The van der Waals surface area contributed by atoms with E-state index in [-0.39, 0.29) is 5.78 Å². The fourth-order valence-corrected chi connectivity index (χ4v) is 2.47. The molecular weight excluding hydrogens is 260 g/mol. The minimum Gasteiger partial charge on any atom is -0.494 e. The molecule has 0 saturated carbocycles. The first-order valence-corrected chi connectivity index (χ1v) is 7.05. The van der Waals surface area contributed by atoms with Crippen molar-refractivity contribution in [1.29, 1.82) is 0 Å². The Morgan fingerprint density at radius 3 is 2.57 bits per heavy atom. The highest BCUT2D eigenvalue weighted by molar-refractivity contribution is 6.16. The third-order valence-electron chi connectivity index (χ3n) is 3.44. The summed E-state index contributed by atoms with van der Waals surface area (Å²) in [6, 6.07) is 21.1. The SMILES string of the molecule is CCOc1cccc(C(=O)c2cccc3ccccc23)c1. The summed E-state index contributed by atoms with van der Waals surface area (Å²) in [4.78, 5) is 12.8. The van der Waals surface area contributed by atoms with Gasteiger partial charge in [0.2, 0.25) is 0 Å². The van der Waals surface area contributed by atoms with Crippen molar-refractivity contribution in [1.82, 2.24) is 0 Å². The monoisotopic (exact) mass is 276 g/mol. The molecule has 0 spiro atoms. The van der Waals surface area contributed by atoms with Crippen LogP contribution >= 0.6 is 0 Å². The van der Waals surface area contributed by atoms with Crippen molar-refractivity contribution in [2.75, 3.05) is 6.61 Å². The Balaban J connectivity index is 2.06. The molecule has 0 N–H and O–H groups in total. The highest BCUT2D eigenvalue weighted by Crippen LogP contribution is 2.23. The fraction of sp³-hybridized carbons (Fsp3) is 0.105. The predicted molar refractivity (Wildman–Crippen MR) is 85.0 cm³/mol. The topological polar surface area (TPSA) is 26.3 Å². The minimum absolute atomic E-state index is 0.0216. The van der Waals surface area contributed by atoms with Crippen LogP contribution in [0, 0.1) is 0 Å². The van der Waals surface area contributed by atoms with E-state index in [2.05, 4.69) is 0 Å². The van der Waals surface area contributed by atoms with E-state index in [9.17, 15) is 4.79 Å². The molecule has 0 saturated heterocycles. The summed E-state index contributed by atoms with van der Waals surface area (Å²) in [7, 11) is 0. The van der Waals surface area contributed by atoms with Gasteiger partial charge in [0.15, 0.2) is 5.78 Å². The molecule has 0 unspecified atom stereocenters. The van der Waals surface area contributed by atoms with Crippen LogP contribution in [0.15, 0.2) is 66.7 Å². The van der Waals surface area contributed by atoms with Crippen LogP contribution in [-0.2, 0) is 0 Å². The third kappa shape index (κ3) is 2.65. The van der Waals surface area contributed by atoms with E-state index in [1.165, 1.54) is 0 Å². The van der Waals surface area contributed by atoms with Gasteiger partial charge in [-0.05, 0) is 29.8 Å². The van der Waals surface area contributed by atoms with Gasteiger partial charge in [0.1, 0.15) is 5.75 Å². The van der Waals surface area contributed by atoms with E-state index in [1.54, 1.807) is 6.07 Å². The highest BCUT2D eigenvalue weighted by atomic mass is 16.5. The third-order valence-corrected chi connectivity index (χ3v) is 3.44. The van der Waals surface area contributed by atoms with E-state index in [0.717, 1.165) is 22.1 Å². The van der Waals surface area contributed by atoms with Crippen molar-refractivity contribution >= 4 is 16.6 Å². The molecule has 0 aliphatic rings. The summed E-state index contributed by atoms with van der Waals surface area (Å²) in [5.74, 6) is 0.747. The van der Waals surface area contributed by atoms with Crippen LogP contribution in [0.1, 0.15) is 22.8 Å². The van der Waals surface area contributed by atoms with Gasteiger partial charge in [0.25, 0.3) is 0 Å². The van der Waals surface area contributed by atoms with Crippen molar-refractivity contribution in [3.8, 4) is 5.75 Å². The molecule has 0 aromatic heterocycles. The Bertz CT molecular complexity index is 785. The molecule has 0 fully saturated rings. The van der Waals surface area contributed by atoms with E-state index in [4.69, 9.17) is 4.74 Å². The van der Waals surface area contributed by atoms with Gasteiger partial charge < -0.3 is 4.74 Å². The molecule has 3 aromatic carbocycles. The zero-order valence-electron chi connectivity index (χ0n) is 11.9. The van der Waals surface area contributed by atoms with Gasteiger partial charge in [-0.2, -0.15) is 0 Å². The molecule has 0 aliphatic heterocycles. The zero-order valence-corrected chi connectivity index (χ0v) is 11.9. The lowest BCUT2D eigenvalue weighted by atomic mass is 9.97. The average Bonchev–Trinajstić information content (AvgIpc) is 2.54. The van der Waals surface area contributed by atoms with Crippen LogP contribution in [-0.4, -0.2) is 12.4 Å². The molecule has 104 valence electrons. The Morgan fingerprint density at radius 2 is 1.71 bits per heavy atom. The van der Waals surface area contributed by atoms with Crippen molar-refractivity contribution in [3.05, 3.63) is 77.9 Å². The Labute approximate surface area is 124 Å². The lowest BCUT2D eigenvalue weighted by Gasteiger charge is -2.08. The van der Waals surface area contributed by atoms with Gasteiger partial charge in [-0.3, -0.25) is 4.79 Å². The van der Waals surface area contributed by atoms with Gasteiger partial charge in [0.05, 0.1) is 6.61 Å². The van der Waals surface area contributed by atoms with Gasteiger partial charge in [0, 0.05) is 11.1 Å². The molecule has 21 heavy (non-hydrogen) atoms. The fourth-order valence-electron chi connectivity index (χ4n) is 2.47. The first-order valence-electron chi connectivity index (χ1n) is 7.05. The molecule has 0 atom stereocenters. The number of hydrogen-bond donors (Lipinski definition) is 0. The Kier molecular flexibility index (Phi) is 3.69. The van der Waals surface area contributed by atoms with Crippen molar-refractivity contribution in [2.24, 2.45) is 0 Å². The molecule has 2 heteroatoms. The van der Waals surface area contributed by atoms with Crippen LogP contribution in [0.4, 0.5) is 0 Å². The number of fused-ring (bicyclic) bond motifs is 1. The quantitative estimate of drug-likeness (QED) is 0.657. The first kappa shape index (κ1) is 13.4. The van der Waals surface area contributed by atoms with Crippen LogP contribution in [0.2, 0.25) is 0 Å². The van der Waals surface area contributed by atoms with E-state index >= 15 is 0 Å². The lowest BCUT2D eigenvalue weighted by molar-refractivity contribution is 0.104. The predicted octanol–water partition coefficient (Wildman–Crippen LogP) is 4.47. The molecule has 0 heterocycles. The second kappa shape index (κ2) is 5.80. The summed E-state index contributed by atoms with van der Waals surface area (Å²) in [6.07, 6.45) is 0. The van der Waals surface area contributed by atoms with Crippen molar-refractivity contribution in [3.63, 3.8) is 0 Å². The van der Waals surface area contributed by atoms with Gasteiger partial charge >= 0.3 is 0 Å². The van der Waals surface area contributed by atoms with Crippen LogP contribution in [0.5, 0.6) is 5.75 Å². The maximum absolute atomic E-state index is 12.8. The van der Waals surface area contributed by atoms with E-state index in [1.807, 2.05) is 67.6 Å². The minimum atomic E-state index is 0.0216. The molecule has 0 aliphatic carbocycles. The number of carbonyl (C=O) groups excluding carboxylic acids is 1. The number of benzene rings is 3. The van der Waals surface area contributed by atoms with Crippen LogP contribution in [0.3, 0.4) is 0 Å². The first-order chi connectivity index (χ1) is 10.3. The second-order valence-electron chi connectivity index (χ2n) is 4.82. The molecule has 0 bridgehead atoms. The largest absolute Gasteiger partial charge is 0.494 e. The number of carbonyl (C=O) groups is 1. The highest BCUT2D eigenvalue weighted by Gasteiger charge is 2.12. The molecule has 2 nitrogen and oxygen atoms in total. The summed E-state index contributed by atoms with van der Waals surface area (Å²) in [5, 5.41) is 2.05. The van der Waals surface area contributed by atoms with Gasteiger partial charge in [-0.25, -0.2) is 0 Å². The van der Waals surface area contributed by atoms with Crippen molar-refractivity contribution < 1.29 is 9.53 Å². The summed E-state index contributed by atoms with van der Waals surface area (Å²) < 4.78 is 5.47.